The van der Waals surface area contributed by atoms with Gasteiger partial charge in [-0.05, 0) is 36.5 Å². The fraction of sp³-hybridized carbons (Fsp3) is 0.462. The quantitative estimate of drug-likeness (QED) is 0.830. The zero-order valence-corrected chi connectivity index (χ0v) is 11.3. The third-order valence-corrected chi connectivity index (χ3v) is 4.69. The summed E-state index contributed by atoms with van der Waals surface area (Å²) in [5, 5.41) is 8.76. The molecule has 1 fully saturated rings. The number of carboxylic acid groups (broad SMARTS) is 1. The number of hydrogen-bond acceptors (Lipinski definition) is 3. The summed E-state index contributed by atoms with van der Waals surface area (Å²) in [6.07, 6.45) is 3.37. The maximum atomic E-state index is 11.8. The first-order valence-electron chi connectivity index (χ1n) is 6.26. The van der Waals surface area contributed by atoms with E-state index in [0.717, 1.165) is 12.8 Å². The summed E-state index contributed by atoms with van der Waals surface area (Å²) in [7, 11) is -3.34. The molecule has 104 valence electrons. The van der Waals surface area contributed by atoms with E-state index in [4.69, 9.17) is 5.11 Å². The average molecular weight is 283 g/mol. The predicted octanol–water partition coefficient (Wildman–Crippen LogP) is 1.60. The van der Waals surface area contributed by atoms with Crippen LogP contribution in [0.3, 0.4) is 0 Å². The van der Waals surface area contributed by atoms with E-state index in [1.165, 1.54) is 30.7 Å². The Labute approximate surface area is 112 Å². The van der Waals surface area contributed by atoms with Crippen LogP contribution >= 0.6 is 0 Å². The molecule has 0 aromatic heterocycles. The molecule has 1 saturated carbocycles. The zero-order valence-electron chi connectivity index (χ0n) is 10.5. The number of benzene rings is 1. The summed E-state index contributed by atoms with van der Waals surface area (Å²) in [5.74, 6) is -0.652. The van der Waals surface area contributed by atoms with Crippen molar-refractivity contribution in [2.24, 2.45) is 5.92 Å². The van der Waals surface area contributed by atoms with Crippen LogP contribution in [-0.4, -0.2) is 26.0 Å². The normalized spacial score (nSPS) is 16.0. The van der Waals surface area contributed by atoms with Crippen molar-refractivity contribution in [2.45, 2.75) is 25.0 Å². The van der Waals surface area contributed by atoms with Gasteiger partial charge in [0, 0.05) is 6.54 Å². The van der Waals surface area contributed by atoms with E-state index >= 15 is 0 Å². The molecule has 5 nitrogen and oxygen atoms in total. The molecule has 0 atom stereocenters. The molecule has 0 bridgehead atoms. The molecule has 0 spiro atoms. The predicted molar refractivity (Wildman–Crippen MR) is 71.4 cm³/mol. The molecule has 1 aromatic carbocycles. The van der Waals surface area contributed by atoms with Crippen LogP contribution in [0.2, 0.25) is 0 Å². The third kappa shape index (κ3) is 4.04. The molecule has 0 amide bonds. The largest absolute Gasteiger partial charge is 0.478 e. The van der Waals surface area contributed by atoms with Crippen LogP contribution in [-0.2, 0) is 15.8 Å². The van der Waals surface area contributed by atoms with Gasteiger partial charge in [-0.15, -0.1) is 0 Å². The lowest BCUT2D eigenvalue weighted by atomic mass is 9.86. The third-order valence-electron chi connectivity index (χ3n) is 3.37. The molecule has 0 unspecified atom stereocenters. The van der Waals surface area contributed by atoms with Gasteiger partial charge in [-0.2, -0.15) is 0 Å². The van der Waals surface area contributed by atoms with Crippen molar-refractivity contribution in [2.75, 3.05) is 6.54 Å². The van der Waals surface area contributed by atoms with E-state index in [0.29, 0.717) is 18.0 Å². The van der Waals surface area contributed by atoms with Crippen molar-refractivity contribution in [1.29, 1.82) is 0 Å². The van der Waals surface area contributed by atoms with Crippen molar-refractivity contribution >= 4 is 16.0 Å². The van der Waals surface area contributed by atoms with Crippen molar-refractivity contribution in [3.8, 4) is 0 Å². The summed E-state index contributed by atoms with van der Waals surface area (Å²) in [6.45, 7) is 0.509. The Morgan fingerprint density at radius 1 is 1.26 bits per heavy atom. The van der Waals surface area contributed by atoms with Gasteiger partial charge in [0.2, 0.25) is 10.0 Å². The van der Waals surface area contributed by atoms with Crippen molar-refractivity contribution in [3.63, 3.8) is 0 Å². The number of aromatic carboxylic acids is 1. The summed E-state index contributed by atoms with van der Waals surface area (Å²) in [5.41, 5.74) is 0.745. The molecule has 2 N–H and O–H groups in total. The average Bonchev–Trinajstić information content (AvgIpc) is 2.26. The van der Waals surface area contributed by atoms with E-state index in [2.05, 4.69) is 4.72 Å². The molecule has 0 radical (unpaired) electrons. The van der Waals surface area contributed by atoms with Crippen LogP contribution in [0.1, 0.15) is 35.2 Å². The molecule has 6 heteroatoms. The lowest BCUT2D eigenvalue weighted by Gasteiger charge is -2.25. The van der Waals surface area contributed by atoms with Gasteiger partial charge in [-0.1, -0.05) is 18.6 Å². The van der Waals surface area contributed by atoms with Gasteiger partial charge in [-0.3, -0.25) is 0 Å². The second-order valence-corrected chi connectivity index (χ2v) is 6.71. The Bertz CT molecular complexity index is 547. The maximum absolute atomic E-state index is 11.8. The minimum absolute atomic E-state index is 0.111. The van der Waals surface area contributed by atoms with E-state index in [-0.39, 0.29) is 11.3 Å². The number of hydrogen-bond donors (Lipinski definition) is 2. The van der Waals surface area contributed by atoms with Crippen LogP contribution in [0, 0.1) is 5.92 Å². The molecule has 0 saturated heterocycles. The number of carboxylic acids is 1. The van der Waals surface area contributed by atoms with Gasteiger partial charge < -0.3 is 5.11 Å². The van der Waals surface area contributed by atoms with Crippen LogP contribution < -0.4 is 4.72 Å². The molecular weight excluding hydrogens is 266 g/mol. The first-order chi connectivity index (χ1) is 8.96. The molecule has 0 aliphatic heterocycles. The van der Waals surface area contributed by atoms with Crippen molar-refractivity contribution < 1.29 is 18.3 Å². The van der Waals surface area contributed by atoms with Crippen LogP contribution in [0.15, 0.2) is 24.3 Å². The van der Waals surface area contributed by atoms with E-state index in [1.54, 1.807) is 0 Å². The van der Waals surface area contributed by atoms with E-state index in [9.17, 15) is 13.2 Å². The van der Waals surface area contributed by atoms with Gasteiger partial charge in [0.1, 0.15) is 0 Å². The summed E-state index contributed by atoms with van der Waals surface area (Å²) < 4.78 is 26.3. The second kappa shape index (κ2) is 5.71. The highest BCUT2D eigenvalue weighted by molar-refractivity contribution is 7.88. The lowest BCUT2D eigenvalue weighted by molar-refractivity contribution is 0.0697. The molecule has 2 rings (SSSR count). The highest BCUT2D eigenvalue weighted by Gasteiger charge is 2.20. The van der Waals surface area contributed by atoms with E-state index < -0.39 is 16.0 Å². The zero-order chi connectivity index (χ0) is 13.9. The monoisotopic (exact) mass is 283 g/mol. The summed E-state index contributed by atoms with van der Waals surface area (Å²) >= 11 is 0. The fourth-order valence-corrected chi connectivity index (χ4v) is 3.18. The van der Waals surface area contributed by atoms with E-state index in [1.807, 2.05) is 0 Å². The van der Waals surface area contributed by atoms with Crippen LogP contribution in [0.5, 0.6) is 0 Å². The molecule has 1 aromatic rings. The van der Waals surface area contributed by atoms with Crippen molar-refractivity contribution in [1.82, 2.24) is 4.72 Å². The van der Waals surface area contributed by atoms with Gasteiger partial charge in [0.15, 0.2) is 0 Å². The molecule has 19 heavy (non-hydrogen) atoms. The minimum atomic E-state index is -3.34. The van der Waals surface area contributed by atoms with Gasteiger partial charge in [-0.25, -0.2) is 17.9 Å². The van der Waals surface area contributed by atoms with Gasteiger partial charge >= 0.3 is 5.97 Å². The van der Waals surface area contributed by atoms with Gasteiger partial charge in [0.05, 0.1) is 11.3 Å². The second-order valence-electron chi connectivity index (χ2n) is 4.91. The van der Waals surface area contributed by atoms with Crippen LogP contribution in [0.25, 0.3) is 0 Å². The molecule has 1 aliphatic carbocycles. The first kappa shape index (κ1) is 14.0. The maximum Gasteiger partial charge on any atom is 0.335 e. The highest BCUT2D eigenvalue weighted by Crippen LogP contribution is 2.25. The smallest absolute Gasteiger partial charge is 0.335 e. The highest BCUT2D eigenvalue weighted by atomic mass is 32.2. The summed E-state index contributed by atoms with van der Waals surface area (Å²) in [4.78, 5) is 10.7. The summed E-state index contributed by atoms with van der Waals surface area (Å²) in [6, 6.07) is 5.90. The number of rotatable bonds is 6. The fourth-order valence-electron chi connectivity index (χ4n) is 1.96. The topological polar surface area (TPSA) is 83.5 Å². The molecule has 0 heterocycles. The standard InChI is InChI=1S/C13H17NO4S/c15-13(16)12-6-4-11(5-7-12)9-19(17,18)14-8-10-2-1-3-10/h4-7,10,14H,1-3,8-9H2,(H,15,16). The Morgan fingerprint density at radius 2 is 1.89 bits per heavy atom. The Morgan fingerprint density at radius 3 is 2.37 bits per heavy atom. The lowest BCUT2D eigenvalue weighted by Crippen LogP contribution is -2.32. The Balaban J connectivity index is 1.92. The Hall–Kier alpha value is -1.40. The van der Waals surface area contributed by atoms with Crippen molar-refractivity contribution in [3.05, 3.63) is 35.4 Å². The van der Waals surface area contributed by atoms with Gasteiger partial charge in [0.25, 0.3) is 0 Å². The van der Waals surface area contributed by atoms with Crippen LogP contribution in [0.4, 0.5) is 0 Å². The number of nitrogens with one attached hydrogen (secondary N) is 1. The number of carbonyl (C=O) groups is 1. The minimum Gasteiger partial charge on any atom is -0.478 e. The molecule has 1 aliphatic rings. The first-order valence-corrected chi connectivity index (χ1v) is 7.91. The SMILES string of the molecule is O=C(O)c1ccc(CS(=O)(=O)NCC2CCC2)cc1. The molecular formula is C13H17NO4S. The Kier molecular flexibility index (Phi) is 4.21. The number of sulfonamides is 1.